The van der Waals surface area contributed by atoms with Gasteiger partial charge in [0.05, 0.1) is 120 Å². The van der Waals surface area contributed by atoms with Gasteiger partial charge in [0.1, 0.15) is 0 Å². The van der Waals surface area contributed by atoms with Crippen LogP contribution in [0.4, 0.5) is 0 Å². The molecular weight excluding hydrogens is 1740 g/mol. The van der Waals surface area contributed by atoms with Gasteiger partial charge in [-0.1, -0.05) is 96.6 Å². The van der Waals surface area contributed by atoms with E-state index in [1.807, 2.05) is 36.4 Å². The van der Waals surface area contributed by atoms with E-state index in [1.165, 1.54) is 78.7 Å². The molecule has 0 unspecified atom stereocenters. The Hall–Kier alpha value is -12.6. The van der Waals surface area contributed by atoms with Crippen LogP contribution in [0.25, 0.3) is 55.9 Å². The summed E-state index contributed by atoms with van der Waals surface area (Å²) in [6.45, 7) is 0.128. The Kier molecular flexibility index (Phi) is 29.7. The van der Waals surface area contributed by atoms with Crippen LogP contribution in [-0.2, 0) is 51.3 Å². The number of alkyl halides is 1. The second-order valence-electron chi connectivity index (χ2n) is 26.5. The van der Waals surface area contributed by atoms with Gasteiger partial charge in [-0.05, 0) is 168 Å². The predicted octanol–water partition coefficient (Wildman–Crippen LogP) is 16.3. The number of nitrogens with two attached hydrogens (primary N) is 1. The summed E-state index contributed by atoms with van der Waals surface area (Å²) in [6, 6.07) is 55.3. The zero-order valence-electron chi connectivity index (χ0n) is 63.9. The number of hydrogen-bond acceptors (Lipinski definition) is 23. The number of azide groups is 1. The number of ketones is 4. The summed E-state index contributed by atoms with van der Waals surface area (Å²) in [4.78, 5) is 103. The van der Waals surface area contributed by atoms with E-state index in [9.17, 15) is 43.5 Å². The molecule has 0 fully saturated rings. The summed E-state index contributed by atoms with van der Waals surface area (Å²) < 4.78 is 14.9. The van der Waals surface area contributed by atoms with Crippen LogP contribution in [0.2, 0.25) is 17.3 Å². The number of carbonyl (C=O) groups excluding carboxylic acids is 4. The first-order chi connectivity index (χ1) is 59.2. The third-order valence-corrected chi connectivity index (χ3v) is 23.8. The van der Waals surface area contributed by atoms with Crippen molar-refractivity contribution in [2.45, 2.75) is 76.9 Å². The number of aryl methyl sites for hydroxylation is 4. The number of Topliss-reactive ketones (excluding diaryl/α,β-unsaturated/α-hetero) is 4. The van der Waals surface area contributed by atoms with Crippen molar-refractivity contribution in [2.75, 3.05) is 0 Å². The number of aromatic nitrogens is 16. The van der Waals surface area contributed by atoms with Crippen molar-refractivity contribution in [1.82, 2.24) is 78.2 Å². The molecule has 0 saturated heterocycles. The molecule has 4 aromatic carbocycles. The number of rotatable bonds is 29. The lowest BCUT2D eigenvalue weighted by molar-refractivity contribution is 0.0978. The number of carbonyl (C=O) groups is 4. The monoisotopic (exact) mass is 1800 g/mol. The zero-order valence-corrected chi connectivity index (χ0v) is 70.9. The molecule has 0 aliphatic rings. The van der Waals surface area contributed by atoms with Crippen molar-refractivity contribution in [3.8, 4) is 45.5 Å². The van der Waals surface area contributed by atoms with Crippen molar-refractivity contribution >= 4 is 126 Å². The van der Waals surface area contributed by atoms with Gasteiger partial charge in [-0.2, -0.15) is 0 Å². The number of benzene rings is 4. The van der Waals surface area contributed by atoms with Crippen LogP contribution in [0, 0.1) is 0 Å². The average Bonchev–Trinajstić information content (AvgIpc) is 1.52. The van der Waals surface area contributed by atoms with E-state index in [4.69, 9.17) is 69.3 Å². The lowest BCUT2D eigenvalue weighted by Gasteiger charge is -2.11. The maximum atomic E-state index is 12.3. The van der Waals surface area contributed by atoms with Crippen molar-refractivity contribution in [3.05, 3.63) is 377 Å². The van der Waals surface area contributed by atoms with Crippen LogP contribution in [-0.4, -0.2) is 106 Å². The Morgan fingerprint density at radius 3 is 0.934 bits per heavy atom. The number of pyridine rings is 4. The molecule has 0 aliphatic heterocycles. The van der Waals surface area contributed by atoms with E-state index in [0.29, 0.717) is 138 Å². The maximum Gasteiger partial charge on any atom is 0.255 e. The van der Waals surface area contributed by atoms with E-state index >= 15 is 0 Å². The molecule has 38 heteroatoms. The number of halogens is 5. The first kappa shape index (κ1) is 87.2. The average molecular weight is 1810 g/mol. The largest absolute Gasteiger partial charge is 0.392 e. The highest BCUT2D eigenvalue weighted by Crippen LogP contribution is 2.30. The number of nitrogens with zero attached hydrogens (tertiary/aromatic N) is 19. The Balaban J connectivity index is 0.000000140. The number of aliphatic hydroxyl groups excluding tert-OH is 1. The summed E-state index contributed by atoms with van der Waals surface area (Å²) in [5.74, 6) is 0.313. The van der Waals surface area contributed by atoms with Crippen LogP contribution in [0.5, 0.6) is 0 Å². The van der Waals surface area contributed by atoms with Crippen molar-refractivity contribution in [3.63, 3.8) is 0 Å². The molecule has 12 heterocycles. The van der Waals surface area contributed by atoms with Gasteiger partial charge < -0.3 is 10.8 Å². The first-order valence-corrected chi connectivity index (χ1v) is 42.4. The number of hydrogen-bond donors (Lipinski definition) is 2. The third-order valence-electron chi connectivity index (χ3n) is 18.5. The second kappa shape index (κ2) is 41.6. The summed E-state index contributed by atoms with van der Waals surface area (Å²) in [6.07, 6.45) is 16.9. The summed E-state index contributed by atoms with van der Waals surface area (Å²) in [5, 5.41) is 46.8. The van der Waals surface area contributed by atoms with Crippen LogP contribution in [0.3, 0.4) is 0 Å². The molecule has 122 heavy (non-hydrogen) atoms. The lowest BCUT2D eigenvalue weighted by atomic mass is 10.1. The van der Waals surface area contributed by atoms with Gasteiger partial charge in [0.25, 0.3) is 22.2 Å². The summed E-state index contributed by atoms with van der Waals surface area (Å²) in [7, 11) is 0. The predicted molar refractivity (Wildman–Crippen MR) is 472 cm³/mol. The smallest absolute Gasteiger partial charge is 0.255 e. The van der Waals surface area contributed by atoms with Crippen LogP contribution in [0.15, 0.2) is 268 Å². The molecule has 0 aliphatic carbocycles. The fourth-order valence-electron chi connectivity index (χ4n) is 12.4. The van der Waals surface area contributed by atoms with Gasteiger partial charge in [-0.15, -0.1) is 77.3 Å². The Morgan fingerprint density at radius 2 is 0.664 bits per heavy atom. The van der Waals surface area contributed by atoms with Gasteiger partial charge in [-0.3, -0.25) is 56.6 Å². The van der Waals surface area contributed by atoms with E-state index < -0.39 is 0 Å². The quantitative estimate of drug-likeness (QED) is 0.0145. The Labute approximate surface area is 734 Å². The zero-order chi connectivity index (χ0) is 85.8. The summed E-state index contributed by atoms with van der Waals surface area (Å²) in [5.41, 5.74) is 25.4. The Morgan fingerprint density at radius 1 is 0.385 bits per heavy atom. The molecule has 16 aromatic rings. The second-order valence-corrected chi connectivity index (χ2v) is 33.6. The molecule has 12 aromatic heterocycles. The first-order valence-electron chi connectivity index (χ1n) is 37.1. The maximum absolute atomic E-state index is 12.3. The van der Waals surface area contributed by atoms with Gasteiger partial charge >= 0.3 is 0 Å². The standard InChI is InChI=1S/C21H16Cl2N4O2S.C21H16ClN7O2S.C21H18ClN5O2S.C21H17ClN4O3S/c22-12-14-11-16(26-10-2-1-3-21(26)29)5-6-17(14)27-13-15(24-25-27)4-7-18(28)19-8-9-20(23)30-19;22-20-9-8-19(32-20)18(30)7-4-15-13-29(27-25-15)17-6-5-16(11-14(17)12-24-26-23)28-10-2-1-3-21(28)31;22-20-9-8-19(30-20)18(28)7-4-15-13-27(25-24-15)17-6-5-16(11-14(17)12-23)26-10-2-1-3-21(26)29;22-20-9-8-19(30-20)18(28)7-4-15-12-26(24-23-15)17-6-5-16(11-14(17)13-27)25-10-2-1-3-21(25)29/h1-3,5-6,8-11,13H,4,7,12H2;1-3,5-6,8-11,13H,4,7,12H2;1-3,5-6,8-11,13H,4,7,12,23H2;1-3,5-6,8-12,27H,4,7,13H2. The SMILES string of the molecule is NCc1cc(-n2ccccc2=O)ccc1-n1cc(CCC(=O)c2ccc(Cl)s2)nn1.O=C(CCc1cn(-c2ccc(-n3ccccc3=O)cc2CCl)nn1)c1ccc(Cl)s1.O=C(CCc1cn(-c2ccc(-n3ccccc3=O)cc2CO)nn1)c1ccc(Cl)s1.[N-]=[N+]=NCc1cc(-n2ccccc2=O)ccc1-n1cc(CCC(=O)c2ccc(Cl)s2)nn1. The van der Waals surface area contributed by atoms with Gasteiger partial charge in [0.15, 0.2) is 23.1 Å². The fourth-order valence-corrected chi connectivity index (χ4v) is 16.7. The fraction of sp³-hybridized carbons (Fsp3) is 0.143. The van der Waals surface area contributed by atoms with Gasteiger partial charge in [0, 0.05) is 146 Å². The van der Waals surface area contributed by atoms with Crippen LogP contribution < -0.4 is 28.0 Å². The van der Waals surface area contributed by atoms with E-state index in [1.54, 1.807) is 211 Å². The minimum Gasteiger partial charge on any atom is -0.392 e. The molecule has 0 bridgehead atoms. The molecule has 16 rings (SSSR count). The minimum absolute atomic E-state index is 0.00171. The van der Waals surface area contributed by atoms with Crippen LogP contribution >= 0.6 is 103 Å². The molecule has 29 nitrogen and oxygen atoms in total. The molecule has 616 valence electrons. The highest BCUT2D eigenvalue weighted by Gasteiger charge is 2.20. The number of aliphatic hydroxyl groups is 1. The molecule has 0 saturated carbocycles. The van der Waals surface area contributed by atoms with Crippen molar-refractivity contribution in [2.24, 2.45) is 10.8 Å². The third kappa shape index (κ3) is 22.3. The van der Waals surface area contributed by atoms with Crippen molar-refractivity contribution < 1.29 is 24.3 Å². The topological polar surface area (TPSA) is 374 Å². The molecule has 0 amide bonds. The van der Waals surface area contributed by atoms with Gasteiger partial charge in [-0.25, -0.2) is 18.7 Å². The Bertz CT molecular complexity index is 6300. The van der Waals surface area contributed by atoms with E-state index in [0.717, 1.165) is 33.9 Å². The van der Waals surface area contributed by atoms with E-state index in [2.05, 4.69) is 51.3 Å². The van der Waals surface area contributed by atoms with Gasteiger partial charge in [0.2, 0.25) is 0 Å². The molecule has 0 spiro atoms. The van der Waals surface area contributed by atoms with Crippen molar-refractivity contribution in [1.29, 1.82) is 0 Å². The molecule has 0 atom stereocenters. The molecule has 3 N–H and O–H groups in total. The summed E-state index contributed by atoms with van der Waals surface area (Å²) >= 11 is 34.8. The minimum atomic E-state index is -0.225. The normalized spacial score (nSPS) is 10.9. The molecule has 0 radical (unpaired) electrons. The molecular formula is C84H67Cl5N20O9S4. The number of thiophene rings is 4. The lowest BCUT2D eigenvalue weighted by Crippen LogP contribution is -2.16. The van der Waals surface area contributed by atoms with Crippen LogP contribution in [0.1, 0.15) is 109 Å². The highest BCUT2D eigenvalue weighted by molar-refractivity contribution is 7.19. The highest BCUT2D eigenvalue weighted by atomic mass is 35.5. The van der Waals surface area contributed by atoms with E-state index in [-0.39, 0.29) is 77.4 Å².